The molecule has 1 fully saturated rings. The molecule has 3 rings (SSSR count). The summed E-state index contributed by atoms with van der Waals surface area (Å²) >= 11 is 0.553. The maximum atomic E-state index is 12.1. The molecule has 0 amide bonds. The van der Waals surface area contributed by atoms with Gasteiger partial charge in [0.2, 0.25) is 0 Å². The van der Waals surface area contributed by atoms with Crippen molar-refractivity contribution in [2.45, 2.75) is 38.1 Å². The molecular formula is C20H33FN4O3S. The molecule has 0 bridgehead atoms. The van der Waals surface area contributed by atoms with Gasteiger partial charge in [-0.3, -0.25) is 9.93 Å². The Bertz CT molecular complexity index is 645. The summed E-state index contributed by atoms with van der Waals surface area (Å²) in [7, 11) is 2.18. The van der Waals surface area contributed by atoms with Gasteiger partial charge in [-0.05, 0) is 39.5 Å². The van der Waals surface area contributed by atoms with Gasteiger partial charge in [-0.1, -0.05) is 26.0 Å². The summed E-state index contributed by atoms with van der Waals surface area (Å²) in [6.45, 7) is 10.0. The number of nitrogens with two attached hydrogens (primary N) is 1. The normalized spacial score (nSPS) is 16.0. The van der Waals surface area contributed by atoms with Gasteiger partial charge in [0.05, 0.1) is 6.20 Å². The Labute approximate surface area is 176 Å². The highest BCUT2D eigenvalue weighted by molar-refractivity contribution is 7.94. The number of nitrogens with one attached hydrogen (secondary N) is 1. The van der Waals surface area contributed by atoms with Gasteiger partial charge in [0.1, 0.15) is 6.29 Å². The topological polar surface area (TPSA) is 101 Å². The largest absolute Gasteiger partial charge is 0.325 e. The molecule has 1 aromatic carbocycles. The fourth-order valence-corrected chi connectivity index (χ4v) is 3.07. The molecule has 2 aromatic rings. The SMILES string of the molecule is CC.CC1CN(C)CCCN1.NCC=O.OSc1cccc2cncc(OF)c12. The van der Waals surface area contributed by atoms with Crippen molar-refractivity contribution in [1.29, 1.82) is 0 Å². The number of pyridine rings is 1. The molecule has 0 radical (unpaired) electrons. The molecule has 1 unspecified atom stereocenters. The average molecular weight is 429 g/mol. The minimum atomic E-state index is 0.0136. The van der Waals surface area contributed by atoms with Gasteiger partial charge >= 0.3 is 0 Å². The van der Waals surface area contributed by atoms with E-state index in [0.717, 1.165) is 5.39 Å². The lowest BCUT2D eigenvalue weighted by Crippen LogP contribution is -2.33. The Morgan fingerprint density at radius 1 is 1.45 bits per heavy atom. The van der Waals surface area contributed by atoms with Crippen LogP contribution in [0.15, 0.2) is 35.5 Å². The number of aldehydes is 1. The molecular weight excluding hydrogens is 395 g/mol. The van der Waals surface area contributed by atoms with Crippen molar-refractivity contribution in [2.75, 3.05) is 33.2 Å². The van der Waals surface area contributed by atoms with E-state index in [1.807, 2.05) is 13.8 Å². The van der Waals surface area contributed by atoms with Crippen molar-refractivity contribution in [3.8, 4) is 5.75 Å². The van der Waals surface area contributed by atoms with E-state index in [0.29, 0.717) is 34.7 Å². The first kappa shape index (κ1) is 27.2. The molecule has 9 heteroatoms. The van der Waals surface area contributed by atoms with Crippen molar-refractivity contribution >= 4 is 29.1 Å². The number of likely N-dealkylation sites (N-methyl/N-ethyl adjacent to an activating group) is 1. The third kappa shape index (κ3) is 10.5. The number of carbonyl (C=O) groups is 1. The third-order valence-electron chi connectivity index (χ3n) is 3.78. The van der Waals surface area contributed by atoms with Crippen LogP contribution < -0.4 is 16.0 Å². The van der Waals surface area contributed by atoms with Crippen LogP contribution in [0, 0.1) is 0 Å². The van der Waals surface area contributed by atoms with Crippen LogP contribution in [0.3, 0.4) is 0 Å². The number of halogens is 1. The molecule has 2 heterocycles. The standard InChI is InChI=1S/C9H6FNO2S.C7H16N2.C2H5NO.C2H6/c10-13-7-5-11-4-6-2-1-3-8(14-12)9(6)7;1-7-6-9(2)5-3-4-8-7;3-1-2-4;1-2/h1-5,12H;7-8H,3-6H2,1-2H3;2H,1,3H2;1-2H3. The minimum absolute atomic E-state index is 0.0136. The van der Waals surface area contributed by atoms with E-state index in [1.165, 1.54) is 32.3 Å². The molecule has 1 saturated heterocycles. The van der Waals surface area contributed by atoms with Gasteiger partial charge in [-0.15, -0.1) is 0 Å². The zero-order chi connectivity index (χ0) is 22.1. The Balaban J connectivity index is 0.000000450. The zero-order valence-corrected chi connectivity index (χ0v) is 18.4. The summed E-state index contributed by atoms with van der Waals surface area (Å²) in [5.74, 6) is 0.0136. The highest BCUT2D eigenvalue weighted by atomic mass is 32.2. The summed E-state index contributed by atoms with van der Waals surface area (Å²) in [6, 6.07) is 5.88. The van der Waals surface area contributed by atoms with E-state index in [9.17, 15) is 4.53 Å². The first-order chi connectivity index (χ1) is 14.1. The number of nitrogens with zero attached hydrogens (tertiary/aromatic N) is 2. The predicted octanol–water partition coefficient (Wildman–Crippen LogP) is 3.53. The highest BCUT2D eigenvalue weighted by Gasteiger charge is 2.09. The van der Waals surface area contributed by atoms with E-state index in [2.05, 4.69) is 39.8 Å². The van der Waals surface area contributed by atoms with Gasteiger partial charge in [-0.25, -0.2) is 0 Å². The van der Waals surface area contributed by atoms with Crippen molar-refractivity contribution < 1.29 is 18.8 Å². The summed E-state index contributed by atoms with van der Waals surface area (Å²) in [5, 5.41) is 4.68. The molecule has 1 aliphatic heterocycles. The Morgan fingerprint density at radius 3 is 2.72 bits per heavy atom. The van der Waals surface area contributed by atoms with Crippen LogP contribution >= 0.6 is 12.0 Å². The number of carbonyl (C=O) groups excluding carboxylic acids is 1. The zero-order valence-electron chi connectivity index (χ0n) is 17.6. The predicted molar refractivity (Wildman–Crippen MR) is 118 cm³/mol. The summed E-state index contributed by atoms with van der Waals surface area (Å²) in [6.07, 6.45) is 4.79. The number of fused-ring (bicyclic) bond motifs is 1. The van der Waals surface area contributed by atoms with Crippen LogP contribution in [0.25, 0.3) is 10.8 Å². The van der Waals surface area contributed by atoms with Gasteiger partial charge < -0.3 is 25.3 Å². The lowest BCUT2D eigenvalue weighted by atomic mass is 10.2. The molecule has 1 aromatic heterocycles. The maximum Gasteiger partial charge on any atom is 0.199 e. The van der Waals surface area contributed by atoms with Crippen LogP contribution in [-0.2, 0) is 4.79 Å². The third-order valence-corrected chi connectivity index (χ3v) is 4.32. The molecule has 4 N–H and O–H groups in total. The molecule has 1 atom stereocenters. The van der Waals surface area contributed by atoms with Gasteiger partial charge in [0.15, 0.2) is 5.75 Å². The van der Waals surface area contributed by atoms with E-state index in [4.69, 9.17) is 9.35 Å². The molecule has 29 heavy (non-hydrogen) atoms. The fraction of sp³-hybridized carbons (Fsp3) is 0.500. The lowest BCUT2D eigenvalue weighted by molar-refractivity contribution is -0.106. The minimum Gasteiger partial charge on any atom is -0.325 e. The van der Waals surface area contributed by atoms with Crippen molar-refractivity contribution in [3.05, 3.63) is 30.6 Å². The lowest BCUT2D eigenvalue weighted by Gasteiger charge is -2.15. The average Bonchev–Trinajstić information content (AvgIpc) is 2.97. The molecule has 0 spiro atoms. The van der Waals surface area contributed by atoms with Crippen LogP contribution in [0.2, 0.25) is 0 Å². The Kier molecular flexibility index (Phi) is 16.1. The quantitative estimate of drug-likeness (QED) is 0.504. The van der Waals surface area contributed by atoms with Crippen LogP contribution in [-0.4, -0.2) is 60.0 Å². The van der Waals surface area contributed by atoms with Crippen LogP contribution in [0.1, 0.15) is 27.2 Å². The first-order valence-corrected chi connectivity index (χ1v) is 10.4. The molecule has 0 saturated carbocycles. The second-order valence-corrected chi connectivity index (χ2v) is 6.66. The van der Waals surface area contributed by atoms with E-state index in [-0.39, 0.29) is 12.3 Å². The van der Waals surface area contributed by atoms with E-state index in [1.54, 1.807) is 24.4 Å². The Hall–Kier alpha value is -1.78. The van der Waals surface area contributed by atoms with Gasteiger partial charge in [0.25, 0.3) is 0 Å². The first-order valence-electron chi connectivity index (χ1n) is 9.59. The van der Waals surface area contributed by atoms with E-state index >= 15 is 0 Å². The molecule has 7 nitrogen and oxygen atoms in total. The van der Waals surface area contributed by atoms with Crippen molar-refractivity contribution in [1.82, 2.24) is 15.2 Å². The fourth-order valence-electron chi connectivity index (χ4n) is 2.62. The number of benzene rings is 1. The van der Waals surface area contributed by atoms with Gasteiger partial charge in [-0.2, -0.15) is 0 Å². The van der Waals surface area contributed by atoms with Crippen molar-refractivity contribution in [3.63, 3.8) is 0 Å². The molecule has 164 valence electrons. The summed E-state index contributed by atoms with van der Waals surface area (Å²) in [4.78, 5) is 19.5. The smallest absolute Gasteiger partial charge is 0.199 e. The molecule has 1 aliphatic rings. The van der Waals surface area contributed by atoms with E-state index < -0.39 is 0 Å². The maximum absolute atomic E-state index is 12.1. The second kappa shape index (κ2) is 17.1. The van der Waals surface area contributed by atoms with Gasteiger partial charge in [0, 0.05) is 57.6 Å². The van der Waals surface area contributed by atoms with Crippen LogP contribution in [0.5, 0.6) is 5.75 Å². The monoisotopic (exact) mass is 428 g/mol. The number of aromatic nitrogens is 1. The summed E-state index contributed by atoms with van der Waals surface area (Å²) in [5.41, 5.74) is 4.66. The highest BCUT2D eigenvalue weighted by Crippen LogP contribution is 2.32. The van der Waals surface area contributed by atoms with Crippen molar-refractivity contribution in [2.24, 2.45) is 5.73 Å². The summed E-state index contributed by atoms with van der Waals surface area (Å²) < 4.78 is 21.1. The second-order valence-electron chi connectivity index (χ2n) is 6.03. The number of hydrogen-bond donors (Lipinski definition) is 3. The Morgan fingerprint density at radius 2 is 2.14 bits per heavy atom. The van der Waals surface area contributed by atoms with Crippen LogP contribution in [0.4, 0.5) is 4.53 Å². The number of rotatable bonds is 3. The number of hydrogen-bond acceptors (Lipinski definition) is 8. The molecule has 0 aliphatic carbocycles.